The Morgan fingerprint density at radius 1 is 1.27 bits per heavy atom. The molecule has 1 fully saturated rings. The quantitative estimate of drug-likeness (QED) is 0.918. The number of nitrogens with one attached hydrogen (secondary N) is 1. The van der Waals surface area contributed by atoms with Crippen LogP contribution in [0.2, 0.25) is 0 Å². The lowest BCUT2D eigenvalue weighted by Crippen LogP contribution is -2.41. The van der Waals surface area contributed by atoms with Crippen molar-refractivity contribution in [2.75, 3.05) is 38.2 Å². The van der Waals surface area contributed by atoms with Crippen molar-refractivity contribution in [3.63, 3.8) is 0 Å². The highest BCUT2D eigenvalue weighted by Crippen LogP contribution is 2.28. The smallest absolute Gasteiger partial charge is 0.222 e. The van der Waals surface area contributed by atoms with Crippen LogP contribution < -0.4 is 5.32 Å². The Balaban J connectivity index is 1.73. The Hall–Kier alpha value is -1.50. The van der Waals surface area contributed by atoms with E-state index in [9.17, 15) is 0 Å². The highest BCUT2D eigenvalue weighted by atomic mass is 32.1. The molecular formula is C16H22N4OS. The molecule has 0 radical (unpaired) electrons. The molecular weight excluding hydrogens is 296 g/mol. The van der Waals surface area contributed by atoms with Crippen LogP contribution in [-0.4, -0.2) is 47.7 Å². The van der Waals surface area contributed by atoms with Crippen LogP contribution in [0.25, 0.3) is 0 Å². The molecule has 3 rings (SSSR count). The molecule has 1 aliphatic heterocycles. The predicted molar refractivity (Wildman–Crippen MR) is 89.4 cm³/mol. The van der Waals surface area contributed by atoms with Gasteiger partial charge >= 0.3 is 0 Å². The number of morpholine rings is 1. The van der Waals surface area contributed by atoms with Crippen molar-refractivity contribution in [1.82, 2.24) is 14.9 Å². The third kappa shape index (κ3) is 3.82. The van der Waals surface area contributed by atoms with Crippen LogP contribution in [0.3, 0.4) is 0 Å². The average Bonchev–Trinajstić information content (AvgIpc) is 2.95. The van der Waals surface area contributed by atoms with E-state index in [0.29, 0.717) is 12.0 Å². The second-order valence-corrected chi connectivity index (χ2v) is 6.83. The highest BCUT2D eigenvalue weighted by Gasteiger charge is 2.23. The zero-order valence-electron chi connectivity index (χ0n) is 13.1. The van der Waals surface area contributed by atoms with Crippen LogP contribution in [0.4, 0.5) is 5.95 Å². The molecule has 0 spiro atoms. The largest absolute Gasteiger partial charge is 0.379 e. The summed E-state index contributed by atoms with van der Waals surface area (Å²) in [5.41, 5.74) is 0.979. The lowest BCUT2D eigenvalue weighted by Gasteiger charge is -2.34. The summed E-state index contributed by atoms with van der Waals surface area (Å²) in [5, 5.41) is 3.39. The molecule has 2 aromatic heterocycles. The van der Waals surface area contributed by atoms with Gasteiger partial charge in [0.05, 0.1) is 19.3 Å². The van der Waals surface area contributed by atoms with E-state index in [-0.39, 0.29) is 0 Å². The molecule has 5 nitrogen and oxygen atoms in total. The van der Waals surface area contributed by atoms with Crippen LogP contribution in [0.1, 0.15) is 21.5 Å². The topological polar surface area (TPSA) is 50.3 Å². The van der Waals surface area contributed by atoms with Crippen LogP contribution in [0.5, 0.6) is 0 Å². The fourth-order valence-electron chi connectivity index (χ4n) is 2.65. The van der Waals surface area contributed by atoms with Crippen molar-refractivity contribution < 1.29 is 4.74 Å². The molecule has 6 heteroatoms. The number of nitrogens with zero attached hydrogens (tertiary/aromatic N) is 3. The van der Waals surface area contributed by atoms with Gasteiger partial charge in [0, 0.05) is 41.3 Å². The number of rotatable bonds is 5. The van der Waals surface area contributed by atoms with E-state index in [4.69, 9.17) is 4.74 Å². The molecule has 22 heavy (non-hydrogen) atoms. The van der Waals surface area contributed by atoms with Gasteiger partial charge in [-0.15, -0.1) is 11.3 Å². The molecule has 1 N–H and O–H groups in total. The fraction of sp³-hybridized carbons (Fsp3) is 0.500. The van der Waals surface area contributed by atoms with Gasteiger partial charge in [-0.2, -0.15) is 0 Å². The Kier molecular flexibility index (Phi) is 5.02. The number of hydrogen-bond acceptors (Lipinski definition) is 6. The standard InChI is InChI=1S/C16H22N4OS/c1-12-5-6-17-16(19-12)18-11-14(15-4-3-13(2)22-15)20-7-9-21-10-8-20/h3-6,14H,7-11H2,1-2H3,(H,17,18,19)/t14-/m1/s1. The van der Waals surface area contributed by atoms with Crippen LogP contribution >= 0.6 is 11.3 Å². The lowest BCUT2D eigenvalue weighted by molar-refractivity contribution is 0.0193. The maximum absolute atomic E-state index is 5.49. The molecule has 0 amide bonds. The molecule has 0 bridgehead atoms. The summed E-state index contributed by atoms with van der Waals surface area (Å²) in [6.07, 6.45) is 1.80. The summed E-state index contributed by atoms with van der Waals surface area (Å²) < 4.78 is 5.49. The van der Waals surface area contributed by atoms with Gasteiger partial charge in [0.1, 0.15) is 0 Å². The summed E-state index contributed by atoms with van der Waals surface area (Å²) >= 11 is 1.86. The Bertz CT molecular complexity index is 610. The zero-order valence-corrected chi connectivity index (χ0v) is 13.9. The third-order valence-electron chi connectivity index (χ3n) is 3.82. The van der Waals surface area contributed by atoms with Gasteiger partial charge in [0.25, 0.3) is 0 Å². The van der Waals surface area contributed by atoms with Crippen molar-refractivity contribution in [2.45, 2.75) is 19.9 Å². The highest BCUT2D eigenvalue weighted by molar-refractivity contribution is 7.12. The van der Waals surface area contributed by atoms with Gasteiger partial charge < -0.3 is 10.1 Å². The van der Waals surface area contributed by atoms with Gasteiger partial charge in [-0.05, 0) is 32.0 Å². The number of thiophene rings is 1. The Morgan fingerprint density at radius 2 is 2.09 bits per heavy atom. The first kappa shape index (κ1) is 15.4. The van der Waals surface area contributed by atoms with Gasteiger partial charge in [-0.3, -0.25) is 4.90 Å². The molecule has 0 aliphatic carbocycles. The second kappa shape index (κ2) is 7.17. The molecule has 1 saturated heterocycles. The summed E-state index contributed by atoms with van der Waals surface area (Å²) in [5.74, 6) is 0.700. The molecule has 0 aromatic carbocycles. The average molecular weight is 318 g/mol. The van der Waals surface area contributed by atoms with Crippen LogP contribution in [0, 0.1) is 13.8 Å². The van der Waals surface area contributed by atoms with Crippen molar-refractivity contribution in [2.24, 2.45) is 0 Å². The van der Waals surface area contributed by atoms with E-state index in [0.717, 1.165) is 38.5 Å². The van der Waals surface area contributed by atoms with E-state index in [1.165, 1.54) is 9.75 Å². The first-order valence-corrected chi connectivity index (χ1v) is 8.45. The summed E-state index contributed by atoms with van der Waals surface area (Å²) in [6, 6.07) is 6.68. The number of anilines is 1. The second-order valence-electron chi connectivity index (χ2n) is 5.52. The number of hydrogen-bond donors (Lipinski definition) is 1. The summed E-state index contributed by atoms with van der Waals surface area (Å²) in [7, 11) is 0. The van der Waals surface area contributed by atoms with Crippen molar-refractivity contribution in [3.05, 3.63) is 39.8 Å². The van der Waals surface area contributed by atoms with Crippen molar-refractivity contribution in [1.29, 1.82) is 0 Å². The number of aryl methyl sites for hydroxylation is 2. The molecule has 0 saturated carbocycles. The first-order chi connectivity index (χ1) is 10.7. The van der Waals surface area contributed by atoms with Crippen molar-refractivity contribution in [3.8, 4) is 0 Å². The maximum atomic E-state index is 5.49. The SMILES string of the molecule is Cc1ccnc(NC[C@H](c2ccc(C)s2)N2CCOCC2)n1. The van der Waals surface area contributed by atoms with Crippen LogP contribution in [-0.2, 0) is 4.74 Å². The monoisotopic (exact) mass is 318 g/mol. The summed E-state index contributed by atoms with van der Waals surface area (Å²) in [4.78, 5) is 13.9. The van der Waals surface area contributed by atoms with E-state index in [2.05, 4.69) is 39.2 Å². The van der Waals surface area contributed by atoms with E-state index in [1.807, 2.05) is 24.3 Å². The molecule has 1 aliphatic rings. The Morgan fingerprint density at radius 3 is 2.77 bits per heavy atom. The Labute approximate surface area is 135 Å². The molecule has 118 valence electrons. The molecule has 1 atom stereocenters. The van der Waals surface area contributed by atoms with Gasteiger partial charge in [0.2, 0.25) is 5.95 Å². The van der Waals surface area contributed by atoms with E-state index in [1.54, 1.807) is 6.20 Å². The van der Waals surface area contributed by atoms with Gasteiger partial charge in [-0.1, -0.05) is 0 Å². The molecule has 0 unspecified atom stereocenters. The normalized spacial score (nSPS) is 17.4. The van der Waals surface area contributed by atoms with Gasteiger partial charge in [-0.25, -0.2) is 9.97 Å². The minimum atomic E-state index is 0.340. The zero-order chi connectivity index (χ0) is 15.4. The number of ether oxygens (including phenoxy) is 1. The summed E-state index contributed by atoms with van der Waals surface area (Å²) in [6.45, 7) is 8.50. The van der Waals surface area contributed by atoms with E-state index < -0.39 is 0 Å². The van der Waals surface area contributed by atoms with E-state index >= 15 is 0 Å². The number of aromatic nitrogens is 2. The van der Waals surface area contributed by atoms with Crippen LogP contribution in [0.15, 0.2) is 24.4 Å². The predicted octanol–water partition coefficient (Wildman–Crippen LogP) is 2.64. The van der Waals surface area contributed by atoms with Gasteiger partial charge in [0.15, 0.2) is 0 Å². The molecule has 2 aromatic rings. The van der Waals surface area contributed by atoms with Crippen molar-refractivity contribution >= 4 is 17.3 Å². The third-order valence-corrected chi connectivity index (χ3v) is 4.93. The fourth-order valence-corrected chi connectivity index (χ4v) is 3.67. The minimum absolute atomic E-state index is 0.340. The maximum Gasteiger partial charge on any atom is 0.222 e. The molecule has 3 heterocycles. The minimum Gasteiger partial charge on any atom is -0.379 e. The first-order valence-electron chi connectivity index (χ1n) is 7.64. The lowest BCUT2D eigenvalue weighted by atomic mass is 10.2.